The minimum atomic E-state index is 0.429. The zero-order chi connectivity index (χ0) is 12.4. The third-order valence-electron chi connectivity index (χ3n) is 3.87. The molecule has 1 aliphatic heterocycles. The van der Waals surface area contributed by atoms with E-state index in [1.807, 2.05) is 12.5 Å². The van der Waals surface area contributed by atoms with Crippen LogP contribution in [0, 0.1) is 5.92 Å². The standard InChI is InChI=1S/C13H24N4/c1-10(2)17-9-15-8-12(17)13-11(7-14)5-4-6-16(13)3/h8-11,13H,4-7,14H2,1-3H3. The van der Waals surface area contributed by atoms with Gasteiger partial charge >= 0.3 is 0 Å². The lowest BCUT2D eigenvalue weighted by atomic mass is 9.87. The van der Waals surface area contributed by atoms with Crippen molar-refractivity contribution in [3.8, 4) is 0 Å². The van der Waals surface area contributed by atoms with E-state index in [0.29, 0.717) is 18.0 Å². The molecule has 1 fully saturated rings. The van der Waals surface area contributed by atoms with Gasteiger partial charge in [-0.25, -0.2) is 4.98 Å². The highest BCUT2D eigenvalue weighted by molar-refractivity contribution is 5.10. The molecule has 0 bridgehead atoms. The average molecular weight is 236 g/mol. The van der Waals surface area contributed by atoms with Crippen LogP contribution in [-0.2, 0) is 0 Å². The Morgan fingerprint density at radius 1 is 1.53 bits per heavy atom. The fourth-order valence-corrected chi connectivity index (χ4v) is 2.95. The van der Waals surface area contributed by atoms with E-state index in [-0.39, 0.29) is 0 Å². The molecule has 2 rings (SSSR count). The number of nitrogens with two attached hydrogens (primary N) is 1. The Bertz CT molecular complexity index is 358. The predicted molar refractivity (Wildman–Crippen MR) is 69.8 cm³/mol. The molecule has 0 aliphatic carbocycles. The first-order valence-electron chi connectivity index (χ1n) is 6.57. The molecule has 4 nitrogen and oxygen atoms in total. The Labute approximate surface area is 104 Å². The van der Waals surface area contributed by atoms with Gasteiger partial charge in [-0.05, 0) is 52.7 Å². The van der Waals surface area contributed by atoms with Gasteiger partial charge in [-0.1, -0.05) is 0 Å². The second-order valence-electron chi connectivity index (χ2n) is 5.38. The molecule has 1 aromatic heterocycles. The van der Waals surface area contributed by atoms with Crippen LogP contribution in [0.2, 0.25) is 0 Å². The summed E-state index contributed by atoms with van der Waals surface area (Å²) in [6.07, 6.45) is 6.44. The molecular weight excluding hydrogens is 212 g/mol. The van der Waals surface area contributed by atoms with Crippen molar-refractivity contribution in [2.24, 2.45) is 11.7 Å². The van der Waals surface area contributed by atoms with Crippen molar-refractivity contribution in [3.05, 3.63) is 18.2 Å². The number of nitrogens with zero attached hydrogens (tertiary/aromatic N) is 3. The third kappa shape index (κ3) is 2.38. The second-order valence-corrected chi connectivity index (χ2v) is 5.38. The van der Waals surface area contributed by atoms with Crippen LogP contribution < -0.4 is 5.73 Å². The van der Waals surface area contributed by atoms with Crippen molar-refractivity contribution < 1.29 is 0 Å². The minimum Gasteiger partial charge on any atom is -0.331 e. The maximum absolute atomic E-state index is 5.93. The summed E-state index contributed by atoms with van der Waals surface area (Å²) in [6, 6.07) is 0.889. The summed E-state index contributed by atoms with van der Waals surface area (Å²) in [5.74, 6) is 0.558. The van der Waals surface area contributed by atoms with Crippen molar-refractivity contribution in [2.45, 2.75) is 38.8 Å². The maximum Gasteiger partial charge on any atom is 0.0951 e. The van der Waals surface area contributed by atoms with E-state index in [0.717, 1.165) is 13.1 Å². The van der Waals surface area contributed by atoms with E-state index in [2.05, 4.69) is 35.3 Å². The van der Waals surface area contributed by atoms with E-state index in [4.69, 9.17) is 5.73 Å². The number of hydrogen-bond donors (Lipinski definition) is 1. The van der Waals surface area contributed by atoms with Crippen LogP contribution in [0.25, 0.3) is 0 Å². The van der Waals surface area contributed by atoms with E-state index in [1.54, 1.807) is 0 Å². The lowest BCUT2D eigenvalue weighted by molar-refractivity contribution is 0.118. The predicted octanol–water partition coefficient (Wildman–Crippen LogP) is 1.81. The fraction of sp³-hybridized carbons (Fsp3) is 0.769. The molecule has 0 saturated carbocycles. The van der Waals surface area contributed by atoms with Gasteiger partial charge in [0.15, 0.2) is 0 Å². The van der Waals surface area contributed by atoms with Gasteiger partial charge in [0.2, 0.25) is 0 Å². The fourth-order valence-electron chi connectivity index (χ4n) is 2.95. The molecule has 4 heteroatoms. The number of rotatable bonds is 3. The van der Waals surface area contributed by atoms with Crippen LogP contribution in [0.3, 0.4) is 0 Å². The summed E-state index contributed by atoms with van der Waals surface area (Å²) >= 11 is 0. The molecule has 1 saturated heterocycles. The molecule has 2 heterocycles. The van der Waals surface area contributed by atoms with Crippen molar-refractivity contribution in [2.75, 3.05) is 20.1 Å². The van der Waals surface area contributed by atoms with Gasteiger partial charge in [0.25, 0.3) is 0 Å². The van der Waals surface area contributed by atoms with Gasteiger partial charge in [-0.2, -0.15) is 0 Å². The van der Waals surface area contributed by atoms with Gasteiger partial charge in [0.1, 0.15) is 0 Å². The van der Waals surface area contributed by atoms with Crippen LogP contribution in [0.15, 0.2) is 12.5 Å². The van der Waals surface area contributed by atoms with E-state index >= 15 is 0 Å². The number of likely N-dealkylation sites (tertiary alicyclic amines) is 1. The maximum atomic E-state index is 5.93. The summed E-state index contributed by atoms with van der Waals surface area (Å²) in [4.78, 5) is 6.74. The Morgan fingerprint density at radius 2 is 2.29 bits per heavy atom. The molecule has 1 aromatic rings. The summed E-state index contributed by atoms with van der Waals surface area (Å²) in [5, 5.41) is 0. The summed E-state index contributed by atoms with van der Waals surface area (Å²) in [6.45, 7) is 6.32. The van der Waals surface area contributed by atoms with Crippen LogP contribution in [0.5, 0.6) is 0 Å². The monoisotopic (exact) mass is 236 g/mol. The molecule has 0 radical (unpaired) electrons. The lowest BCUT2D eigenvalue weighted by Gasteiger charge is -2.39. The van der Waals surface area contributed by atoms with Crippen LogP contribution in [0.4, 0.5) is 0 Å². The molecule has 2 N–H and O–H groups in total. The first-order valence-corrected chi connectivity index (χ1v) is 6.57. The third-order valence-corrected chi connectivity index (χ3v) is 3.87. The second kappa shape index (κ2) is 5.19. The lowest BCUT2D eigenvalue weighted by Crippen LogP contribution is -2.40. The highest BCUT2D eigenvalue weighted by Gasteiger charge is 2.31. The zero-order valence-corrected chi connectivity index (χ0v) is 11.1. The van der Waals surface area contributed by atoms with Crippen LogP contribution in [-0.4, -0.2) is 34.6 Å². The Kier molecular flexibility index (Phi) is 3.84. The van der Waals surface area contributed by atoms with Crippen molar-refractivity contribution in [3.63, 3.8) is 0 Å². The number of hydrogen-bond acceptors (Lipinski definition) is 3. The number of imidazole rings is 1. The van der Waals surface area contributed by atoms with Crippen molar-refractivity contribution in [1.29, 1.82) is 0 Å². The molecule has 0 spiro atoms. The Hall–Kier alpha value is -0.870. The van der Waals surface area contributed by atoms with Gasteiger partial charge in [-0.3, -0.25) is 4.90 Å². The Balaban J connectivity index is 2.31. The summed E-state index contributed by atoms with van der Waals surface area (Å²) in [7, 11) is 2.20. The first kappa shape index (κ1) is 12.6. The highest BCUT2D eigenvalue weighted by atomic mass is 15.2. The molecule has 2 atom stereocenters. The topological polar surface area (TPSA) is 47.1 Å². The summed E-state index contributed by atoms with van der Waals surface area (Å²) < 4.78 is 2.27. The smallest absolute Gasteiger partial charge is 0.0951 e. The SMILES string of the molecule is CC(C)n1cncc1C1C(CN)CCCN1C. The summed E-state index contributed by atoms with van der Waals surface area (Å²) in [5.41, 5.74) is 7.25. The highest BCUT2D eigenvalue weighted by Crippen LogP contribution is 2.35. The normalized spacial score (nSPS) is 26.6. The number of piperidine rings is 1. The van der Waals surface area contributed by atoms with Gasteiger partial charge in [-0.15, -0.1) is 0 Å². The van der Waals surface area contributed by atoms with Crippen molar-refractivity contribution >= 4 is 0 Å². The van der Waals surface area contributed by atoms with Crippen LogP contribution >= 0.6 is 0 Å². The molecular formula is C13H24N4. The van der Waals surface area contributed by atoms with Gasteiger partial charge in [0, 0.05) is 12.2 Å². The number of aromatic nitrogens is 2. The van der Waals surface area contributed by atoms with Gasteiger partial charge < -0.3 is 10.3 Å². The molecule has 0 amide bonds. The molecule has 2 unspecified atom stereocenters. The van der Waals surface area contributed by atoms with E-state index in [9.17, 15) is 0 Å². The Morgan fingerprint density at radius 3 is 2.94 bits per heavy atom. The molecule has 1 aliphatic rings. The average Bonchev–Trinajstić information content (AvgIpc) is 2.77. The quantitative estimate of drug-likeness (QED) is 0.870. The van der Waals surface area contributed by atoms with Crippen LogP contribution in [0.1, 0.15) is 44.5 Å². The zero-order valence-electron chi connectivity index (χ0n) is 11.1. The first-order chi connectivity index (χ1) is 8.15. The minimum absolute atomic E-state index is 0.429. The molecule has 17 heavy (non-hydrogen) atoms. The van der Waals surface area contributed by atoms with E-state index < -0.39 is 0 Å². The largest absolute Gasteiger partial charge is 0.331 e. The van der Waals surface area contributed by atoms with E-state index in [1.165, 1.54) is 18.5 Å². The van der Waals surface area contributed by atoms with Crippen molar-refractivity contribution in [1.82, 2.24) is 14.5 Å². The molecule has 96 valence electrons. The van der Waals surface area contributed by atoms with Gasteiger partial charge in [0.05, 0.1) is 18.1 Å². The molecule has 0 aromatic carbocycles.